The number of carbonyl (C=O) groups is 2. The van der Waals surface area contributed by atoms with Crippen LogP contribution < -0.4 is 5.32 Å². The first-order chi connectivity index (χ1) is 15.9. The predicted molar refractivity (Wildman–Crippen MR) is 128 cm³/mol. The number of amides is 2. The van der Waals surface area contributed by atoms with Crippen LogP contribution in [0.5, 0.6) is 0 Å². The van der Waals surface area contributed by atoms with Gasteiger partial charge in [-0.3, -0.25) is 9.59 Å². The third kappa shape index (κ3) is 5.91. The molecule has 1 saturated heterocycles. The highest BCUT2D eigenvalue weighted by atomic mass is 35.5. The summed E-state index contributed by atoms with van der Waals surface area (Å²) in [6, 6.07) is 11.7. The SMILES string of the molecule is O=C(NCc1ccc(Cl)cc1F)c1csc(C2CCN(C(=O)Cc3ccccc3Cl)CC2)n1. The maximum Gasteiger partial charge on any atom is 0.271 e. The van der Waals surface area contributed by atoms with E-state index in [2.05, 4.69) is 10.3 Å². The first-order valence-electron chi connectivity index (χ1n) is 10.6. The average molecular weight is 506 g/mol. The van der Waals surface area contributed by atoms with Crippen LogP contribution in [-0.4, -0.2) is 34.8 Å². The van der Waals surface area contributed by atoms with Gasteiger partial charge in [0, 0.05) is 46.5 Å². The highest BCUT2D eigenvalue weighted by molar-refractivity contribution is 7.09. The fourth-order valence-electron chi connectivity index (χ4n) is 3.80. The standard InChI is InChI=1S/C24H22Cl2FN3O2S/c25-18-6-5-17(20(27)12-18)13-28-23(32)21-14-33-24(29-21)15-7-9-30(10-8-15)22(31)11-16-3-1-2-4-19(16)26/h1-6,12,14-15H,7-11,13H2,(H,28,32). The molecule has 1 aliphatic rings. The molecular formula is C24H22Cl2FN3O2S. The number of nitrogens with one attached hydrogen (secondary N) is 1. The molecule has 1 aromatic heterocycles. The third-order valence-corrected chi connectivity index (χ3v) is 7.32. The number of nitrogens with zero attached hydrogens (tertiary/aromatic N) is 2. The smallest absolute Gasteiger partial charge is 0.271 e. The molecule has 1 N–H and O–H groups in total. The summed E-state index contributed by atoms with van der Waals surface area (Å²) in [6.45, 7) is 1.34. The number of carbonyl (C=O) groups excluding carboxylic acids is 2. The number of benzene rings is 2. The zero-order valence-electron chi connectivity index (χ0n) is 17.7. The molecule has 9 heteroatoms. The van der Waals surface area contributed by atoms with Gasteiger partial charge in [0.1, 0.15) is 11.5 Å². The minimum atomic E-state index is -0.461. The van der Waals surface area contributed by atoms with E-state index in [0.717, 1.165) is 23.4 Å². The lowest BCUT2D eigenvalue weighted by Crippen LogP contribution is -2.38. The minimum absolute atomic E-state index is 0.0562. The van der Waals surface area contributed by atoms with Crippen molar-refractivity contribution in [2.45, 2.75) is 31.7 Å². The molecule has 2 aromatic carbocycles. The Balaban J connectivity index is 1.29. The van der Waals surface area contributed by atoms with Gasteiger partial charge < -0.3 is 10.2 Å². The molecule has 1 aliphatic heterocycles. The topological polar surface area (TPSA) is 62.3 Å². The van der Waals surface area contributed by atoms with Gasteiger partial charge >= 0.3 is 0 Å². The molecule has 5 nitrogen and oxygen atoms in total. The normalized spacial score (nSPS) is 14.3. The molecule has 0 aliphatic carbocycles. The second-order valence-electron chi connectivity index (χ2n) is 7.91. The van der Waals surface area contributed by atoms with E-state index in [-0.39, 0.29) is 24.3 Å². The van der Waals surface area contributed by atoms with Crippen LogP contribution in [-0.2, 0) is 17.8 Å². The van der Waals surface area contributed by atoms with Crippen LogP contribution >= 0.6 is 34.5 Å². The molecule has 0 spiro atoms. The Morgan fingerprint density at radius 2 is 1.88 bits per heavy atom. The number of hydrogen-bond donors (Lipinski definition) is 1. The van der Waals surface area contributed by atoms with Crippen molar-refractivity contribution >= 4 is 46.4 Å². The van der Waals surface area contributed by atoms with Crippen LogP contribution in [0.15, 0.2) is 47.8 Å². The van der Waals surface area contributed by atoms with Crippen molar-refractivity contribution in [1.82, 2.24) is 15.2 Å². The van der Waals surface area contributed by atoms with E-state index in [1.165, 1.54) is 17.4 Å². The van der Waals surface area contributed by atoms with E-state index in [1.54, 1.807) is 23.6 Å². The Morgan fingerprint density at radius 1 is 1.12 bits per heavy atom. The van der Waals surface area contributed by atoms with Crippen molar-refractivity contribution in [3.05, 3.63) is 85.5 Å². The van der Waals surface area contributed by atoms with Crippen molar-refractivity contribution < 1.29 is 14.0 Å². The number of thiazole rings is 1. The van der Waals surface area contributed by atoms with Crippen LogP contribution in [0, 0.1) is 5.82 Å². The zero-order valence-corrected chi connectivity index (χ0v) is 20.0. The Labute approximate surface area is 205 Å². The summed E-state index contributed by atoms with van der Waals surface area (Å²) in [4.78, 5) is 31.5. The first kappa shape index (κ1) is 23.7. The fraction of sp³-hybridized carbons (Fsp3) is 0.292. The summed E-state index contributed by atoms with van der Waals surface area (Å²) in [6.07, 6.45) is 1.87. The predicted octanol–water partition coefficient (Wildman–Crippen LogP) is 5.47. The van der Waals surface area contributed by atoms with Crippen LogP contribution in [0.25, 0.3) is 0 Å². The van der Waals surface area contributed by atoms with Crippen molar-refractivity contribution in [2.24, 2.45) is 0 Å². The van der Waals surface area contributed by atoms with Gasteiger partial charge in [0.2, 0.25) is 5.91 Å². The maximum absolute atomic E-state index is 13.9. The second kappa shape index (κ2) is 10.6. The summed E-state index contributed by atoms with van der Waals surface area (Å²) in [5, 5.41) is 6.22. The molecule has 4 rings (SSSR count). The monoisotopic (exact) mass is 505 g/mol. The number of likely N-dealkylation sites (tertiary alicyclic amines) is 1. The molecule has 2 heterocycles. The second-order valence-corrected chi connectivity index (χ2v) is 9.65. The maximum atomic E-state index is 13.9. The number of rotatable bonds is 6. The fourth-order valence-corrected chi connectivity index (χ4v) is 5.14. The van der Waals surface area contributed by atoms with Gasteiger partial charge in [-0.25, -0.2) is 9.37 Å². The first-order valence-corrected chi connectivity index (χ1v) is 12.2. The van der Waals surface area contributed by atoms with Crippen molar-refractivity contribution in [3.8, 4) is 0 Å². The number of piperidine rings is 1. The van der Waals surface area contributed by atoms with E-state index in [0.29, 0.717) is 40.8 Å². The Hall–Kier alpha value is -2.48. The molecule has 0 radical (unpaired) electrons. The average Bonchev–Trinajstić information content (AvgIpc) is 3.30. The Bertz CT molecular complexity index is 1160. The highest BCUT2D eigenvalue weighted by Crippen LogP contribution is 2.31. The lowest BCUT2D eigenvalue weighted by Gasteiger charge is -2.31. The molecule has 1 fully saturated rings. The van der Waals surface area contributed by atoms with Crippen LogP contribution in [0.4, 0.5) is 4.39 Å². The lowest BCUT2D eigenvalue weighted by molar-refractivity contribution is -0.131. The van der Waals surface area contributed by atoms with Crippen LogP contribution in [0.3, 0.4) is 0 Å². The van der Waals surface area contributed by atoms with Crippen molar-refractivity contribution in [1.29, 1.82) is 0 Å². The molecule has 33 heavy (non-hydrogen) atoms. The van der Waals surface area contributed by atoms with E-state index >= 15 is 0 Å². The van der Waals surface area contributed by atoms with Gasteiger partial charge in [0.25, 0.3) is 5.91 Å². The van der Waals surface area contributed by atoms with Crippen molar-refractivity contribution in [3.63, 3.8) is 0 Å². The van der Waals surface area contributed by atoms with E-state index in [4.69, 9.17) is 23.2 Å². The van der Waals surface area contributed by atoms with Crippen molar-refractivity contribution in [2.75, 3.05) is 13.1 Å². The molecule has 0 atom stereocenters. The highest BCUT2D eigenvalue weighted by Gasteiger charge is 2.26. The summed E-state index contributed by atoms with van der Waals surface area (Å²) < 4.78 is 13.9. The molecule has 0 unspecified atom stereocenters. The molecule has 172 valence electrons. The van der Waals surface area contributed by atoms with Gasteiger partial charge in [-0.15, -0.1) is 11.3 Å². The largest absolute Gasteiger partial charge is 0.346 e. The number of aromatic nitrogens is 1. The van der Waals surface area contributed by atoms with Gasteiger partial charge in [-0.2, -0.15) is 0 Å². The van der Waals surface area contributed by atoms with E-state index in [9.17, 15) is 14.0 Å². The quantitative estimate of drug-likeness (QED) is 0.483. The number of halogens is 3. The van der Waals surface area contributed by atoms with Gasteiger partial charge in [-0.1, -0.05) is 47.5 Å². The zero-order chi connectivity index (χ0) is 23.4. The van der Waals surface area contributed by atoms with Gasteiger partial charge in [-0.05, 0) is 36.6 Å². The number of hydrogen-bond acceptors (Lipinski definition) is 4. The molecule has 2 amide bonds. The van der Waals surface area contributed by atoms with E-state index in [1.807, 2.05) is 23.1 Å². The molecule has 0 saturated carbocycles. The van der Waals surface area contributed by atoms with Gasteiger partial charge in [0.05, 0.1) is 11.4 Å². The van der Waals surface area contributed by atoms with Crippen LogP contribution in [0.2, 0.25) is 10.0 Å². The summed E-state index contributed by atoms with van der Waals surface area (Å²) in [5.74, 6) is -0.540. The molecular weight excluding hydrogens is 484 g/mol. The summed E-state index contributed by atoms with van der Waals surface area (Å²) in [5.41, 5.74) is 1.51. The lowest BCUT2D eigenvalue weighted by atomic mass is 9.97. The summed E-state index contributed by atoms with van der Waals surface area (Å²) >= 11 is 13.4. The Morgan fingerprint density at radius 3 is 2.61 bits per heavy atom. The minimum Gasteiger partial charge on any atom is -0.346 e. The summed E-state index contributed by atoms with van der Waals surface area (Å²) in [7, 11) is 0. The van der Waals surface area contributed by atoms with Gasteiger partial charge in [0.15, 0.2) is 0 Å². The van der Waals surface area contributed by atoms with E-state index < -0.39 is 5.82 Å². The molecule has 0 bridgehead atoms. The molecule has 3 aromatic rings. The van der Waals surface area contributed by atoms with Crippen LogP contribution in [0.1, 0.15) is 45.4 Å². The Kier molecular flexibility index (Phi) is 7.63. The third-order valence-electron chi connectivity index (χ3n) is 5.71.